The summed E-state index contributed by atoms with van der Waals surface area (Å²) in [7, 11) is 3.89. The zero-order valence-electron chi connectivity index (χ0n) is 10.8. The van der Waals surface area contributed by atoms with E-state index in [1.165, 1.54) is 0 Å². The number of aromatic nitrogens is 3. The van der Waals surface area contributed by atoms with Gasteiger partial charge in [-0.2, -0.15) is 0 Å². The minimum Gasteiger partial charge on any atom is -0.372 e. The second-order valence-corrected chi connectivity index (χ2v) is 5.24. The fourth-order valence-electron chi connectivity index (χ4n) is 1.66. The molecule has 96 valence electrons. The van der Waals surface area contributed by atoms with Crippen LogP contribution in [0.2, 0.25) is 0 Å². The van der Waals surface area contributed by atoms with E-state index >= 15 is 0 Å². The third-order valence-electron chi connectivity index (χ3n) is 2.49. The first-order valence-electron chi connectivity index (χ1n) is 5.75. The molecule has 2 aromatic heterocycles. The van der Waals surface area contributed by atoms with Crippen LogP contribution in [0.15, 0.2) is 17.8 Å². The second kappa shape index (κ2) is 5.88. The Balaban J connectivity index is 1.91. The van der Waals surface area contributed by atoms with Crippen molar-refractivity contribution in [1.82, 2.24) is 19.9 Å². The number of aryl methyl sites for hydroxylation is 1. The molecule has 0 saturated carbocycles. The van der Waals surface area contributed by atoms with Crippen molar-refractivity contribution < 1.29 is 0 Å². The highest BCUT2D eigenvalue weighted by Gasteiger charge is 2.05. The standard InChI is InChI=1S/C12H17N5S/c1-9-16-11(8-18-9)7-17(3)6-10-4-15-12(13-2)5-14-10/h4-5,8H,6-7H2,1-3H3,(H,13,15). The molecule has 18 heavy (non-hydrogen) atoms. The highest BCUT2D eigenvalue weighted by atomic mass is 32.1. The maximum atomic E-state index is 4.45. The monoisotopic (exact) mass is 263 g/mol. The van der Waals surface area contributed by atoms with E-state index in [9.17, 15) is 0 Å². The summed E-state index contributed by atoms with van der Waals surface area (Å²) in [6.45, 7) is 3.63. The smallest absolute Gasteiger partial charge is 0.144 e. The summed E-state index contributed by atoms with van der Waals surface area (Å²) in [4.78, 5) is 15.2. The summed E-state index contributed by atoms with van der Waals surface area (Å²) < 4.78 is 0. The van der Waals surface area contributed by atoms with Gasteiger partial charge in [0.1, 0.15) is 5.82 Å². The number of nitrogens with one attached hydrogen (secondary N) is 1. The van der Waals surface area contributed by atoms with Gasteiger partial charge in [0.15, 0.2) is 0 Å². The van der Waals surface area contributed by atoms with Crippen molar-refractivity contribution >= 4 is 17.2 Å². The molecule has 1 N–H and O–H groups in total. The minimum atomic E-state index is 0.771. The van der Waals surface area contributed by atoms with Crippen LogP contribution in [0.5, 0.6) is 0 Å². The molecule has 2 rings (SSSR count). The van der Waals surface area contributed by atoms with Crippen LogP contribution >= 0.6 is 11.3 Å². The molecule has 0 radical (unpaired) electrons. The number of hydrogen-bond acceptors (Lipinski definition) is 6. The number of anilines is 1. The van der Waals surface area contributed by atoms with Crippen molar-refractivity contribution in [3.63, 3.8) is 0 Å². The molecule has 0 aliphatic rings. The molecule has 0 fully saturated rings. The molecule has 0 atom stereocenters. The fraction of sp³-hybridized carbons (Fsp3) is 0.417. The SMILES string of the molecule is CNc1cnc(CN(C)Cc2csc(C)n2)cn1. The minimum absolute atomic E-state index is 0.771. The van der Waals surface area contributed by atoms with Crippen LogP contribution in [0.4, 0.5) is 5.82 Å². The van der Waals surface area contributed by atoms with E-state index in [1.54, 1.807) is 23.7 Å². The molecule has 0 aromatic carbocycles. The molecule has 0 bridgehead atoms. The van der Waals surface area contributed by atoms with Gasteiger partial charge in [-0.25, -0.2) is 9.97 Å². The van der Waals surface area contributed by atoms with E-state index in [0.717, 1.165) is 35.3 Å². The largest absolute Gasteiger partial charge is 0.372 e. The number of rotatable bonds is 5. The summed E-state index contributed by atoms with van der Waals surface area (Å²) >= 11 is 1.68. The molecule has 6 heteroatoms. The lowest BCUT2D eigenvalue weighted by Crippen LogP contribution is -2.18. The maximum absolute atomic E-state index is 4.45. The Morgan fingerprint density at radius 3 is 2.56 bits per heavy atom. The summed E-state index contributed by atoms with van der Waals surface area (Å²) in [5.41, 5.74) is 2.07. The quantitative estimate of drug-likeness (QED) is 0.893. The van der Waals surface area contributed by atoms with E-state index in [0.29, 0.717) is 0 Å². The van der Waals surface area contributed by atoms with E-state index in [-0.39, 0.29) is 0 Å². The Morgan fingerprint density at radius 2 is 2.00 bits per heavy atom. The maximum Gasteiger partial charge on any atom is 0.144 e. The molecule has 0 amide bonds. The molecular weight excluding hydrogens is 246 g/mol. The molecule has 0 spiro atoms. The van der Waals surface area contributed by atoms with Gasteiger partial charge < -0.3 is 5.32 Å². The molecule has 0 saturated heterocycles. The van der Waals surface area contributed by atoms with E-state index in [1.807, 2.05) is 14.0 Å². The van der Waals surface area contributed by atoms with Crippen molar-refractivity contribution in [3.05, 3.63) is 34.2 Å². The van der Waals surface area contributed by atoms with Crippen molar-refractivity contribution in [1.29, 1.82) is 0 Å². The zero-order valence-corrected chi connectivity index (χ0v) is 11.7. The molecule has 0 aliphatic heterocycles. The lowest BCUT2D eigenvalue weighted by molar-refractivity contribution is 0.311. The lowest BCUT2D eigenvalue weighted by Gasteiger charge is -2.14. The summed E-state index contributed by atoms with van der Waals surface area (Å²) in [5.74, 6) is 0.788. The molecule has 0 unspecified atom stereocenters. The highest BCUT2D eigenvalue weighted by molar-refractivity contribution is 7.09. The molecule has 2 aromatic rings. The van der Waals surface area contributed by atoms with Crippen LogP contribution in [-0.4, -0.2) is 33.9 Å². The van der Waals surface area contributed by atoms with Crippen LogP contribution in [0.25, 0.3) is 0 Å². The first kappa shape index (κ1) is 12.9. The van der Waals surface area contributed by atoms with E-state index < -0.39 is 0 Å². The first-order valence-corrected chi connectivity index (χ1v) is 6.63. The Bertz CT molecular complexity index is 493. The molecule has 5 nitrogen and oxygen atoms in total. The summed E-state index contributed by atoms with van der Waals surface area (Å²) in [6, 6.07) is 0. The third kappa shape index (κ3) is 3.48. The fourth-order valence-corrected chi connectivity index (χ4v) is 2.26. The second-order valence-electron chi connectivity index (χ2n) is 4.17. The van der Waals surface area contributed by atoms with E-state index in [2.05, 4.69) is 37.6 Å². The number of hydrogen-bond donors (Lipinski definition) is 1. The van der Waals surface area contributed by atoms with E-state index in [4.69, 9.17) is 0 Å². The normalized spacial score (nSPS) is 10.9. The van der Waals surface area contributed by atoms with Gasteiger partial charge in [0, 0.05) is 25.5 Å². The van der Waals surface area contributed by atoms with Gasteiger partial charge in [0.2, 0.25) is 0 Å². The van der Waals surface area contributed by atoms with Gasteiger partial charge in [0.05, 0.1) is 28.8 Å². The van der Waals surface area contributed by atoms with Crippen LogP contribution in [0.3, 0.4) is 0 Å². The average Bonchev–Trinajstić information content (AvgIpc) is 2.75. The van der Waals surface area contributed by atoms with Crippen molar-refractivity contribution in [3.8, 4) is 0 Å². The van der Waals surface area contributed by atoms with Crippen molar-refractivity contribution in [2.75, 3.05) is 19.4 Å². The Hall–Kier alpha value is -1.53. The van der Waals surface area contributed by atoms with Crippen LogP contribution in [0.1, 0.15) is 16.4 Å². The van der Waals surface area contributed by atoms with Gasteiger partial charge in [-0.3, -0.25) is 9.88 Å². The molecule has 2 heterocycles. The predicted molar refractivity (Wildman–Crippen MR) is 73.6 cm³/mol. The van der Waals surface area contributed by atoms with Gasteiger partial charge >= 0.3 is 0 Å². The predicted octanol–water partition coefficient (Wildman–Crippen LogP) is 1.92. The van der Waals surface area contributed by atoms with Crippen LogP contribution in [0, 0.1) is 6.92 Å². The van der Waals surface area contributed by atoms with Crippen LogP contribution in [-0.2, 0) is 13.1 Å². The molecule has 0 aliphatic carbocycles. The first-order chi connectivity index (χ1) is 8.67. The van der Waals surface area contributed by atoms with Gasteiger partial charge in [-0.15, -0.1) is 11.3 Å². The van der Waals surface area contributed by atoms with Gasteiger partial charge in [-0.1, -0.05) is 0 Å². The Labute approximate surface area is 111 Å². The van der Waals surface area contributed by atoms with Gasteiger partial charge in [-0.05, 0) is 14.0 Å². The van der Waals surface area contributed by atoms with Crippen molar-refractivity contribution in [2.24, 2.45) is 0 Å². The van der Waals surface area contributed by atoms with Gasteiger partial charge in [0.25, 0.3) is 0 Å². The third-order valence-corrected chi connectivity index (χ3v) is 3.31. The summed E-state index contributed by atoms with van der Waals surface area (Å²) in [6.07, 6.45) is 3.55. The average molecular weight is 263 g/mol. The summed E-state index contributed by atoms with van der Waals surface area (Å²) in [5, 5.41) is 6.16. The van der Waals surface area contributed by atoms with Crippen molar-refractivity contribution in [2.45, 2.75) is 20.0 Å². The number of thiazole rings is 1. The highest BCUT2D eigenvalue weighted by Crippen LogP contribution is 2.11. The number of nitrogens with zero attached hydrogens (tertiary/aromatic N) is 4. The lowest BCUT2D eigenvalue weighted by atomic mass is 10.3. The Kier molecular flexibility index (Phi) is 4.22. The zero-order chi connectivity index (χ0) is 13.0. The Morgan fingerprint density at radius 1 is 1.22 bits per heavy atom. The van der Waals surface area contributed by atoms with Crippen LogP contribution < -0.4 is 5.32 Å². The topological polar surface area (TPSA) is 53.9 Å². The molecular formula is C12H17N5S.